The number of aromatic nitrogens is 2. The summed E-state index contributed by atoms with van der Waals surface area (Å²) in [5.74, 6) is -1.07. The fraction of sp³-hybridized carbons (Fsp3) is 0.393. The molecule has 35 heavy (non-hydrogen) atoms. The van der Waals surface area contributed by atoms with Gasteiger partial charge in [-0.25, -0.2) is 18.7 Å². The molecule has 0 atom stereocenters. The molecule has 0 spiro atoms. The summed E-state index contributed by atoms with van der Waals surface area (Å²) in [7, 11) is 0. The van der Waals surface area contributed by atoms with Gasteiger partial charge in [-0.1, -0.05) is 44.2 Å². The summed E-state index contributed by atoms with van der Waals surface area (Å²) in [6.07, 6.45) is 9.51. The van der Waals surface area contributed by atoms with Crippen molar-refractivity contribution in [2.24, 2.45) is 5.92 Å². The highest BCUT2D eigenvalue weighted by molar-refractivity contribution is 5.92. The Morgan fingerprint density at radius 2 is 1.83 bits per heavy atom. The molecule has 3 N–H and O–H groups in total. The van der Waals surface area contributed by atoms with E-state index in [9.17, 15) is 13.6 Å². The molecule has 1 heterocycles. The lowest BCUT2D eigenvalue weighted by atomic mass is 9.85. The minimum absolute atomic E-state index is 0.0693. The molecule has 2 aliphatic carbocycles. The van der Waals surface area contributed by atoms with Crippen molar-refractivity contribution in [3.63, 3.8) is 0 Å². The number of hydrogen-bond donors (Lipinski definition) is 2. The third-order valence-corrected chi connectivity index (χ3v) is 7.18. The number of hydrogen-bond acceptors (Lipinski definition) is 4. The van der Waals surface area contributed by atoms with E-state index < -0.39 is 11.6 Å². The molecule has 0 unspecified atom stereocenters. The predicted molar refractivity (Wildman–Crippen MR) is 133 cm³/mol. The highest BCUT2D eigenvalue weighted by Gasteiger charge is 2.23. The van der Waals surface area contributed by atoms with Gasteiger partial charge in [-0.3, -0.25) is 4.79 Å². The van der Waals surface area contributed by atoms with Gasteiger partial charge in [0.25, 0.3) is 0 Å². The Balaban J connectivity index is 1.42. The number of fused-ring (bicyclic) bond motifs is 3. The summed E-state index contributed by atoms with van der Waals surface area (Å²) in [6, 6.07) is 9.40. The lowest BCUT2D eigenvalue weighted by Crippen LogP contribution is -2.20. The number of carbonyl (C=O) groups excluding carboxylic acids is 1. The zero-order valence-corrected chi connectivity index (χ0v) is 19.7. The van der Waals surface area contributed by atoms with Gasteiger partial charge in [0, 0.05) is 11.3 Å². The Morgan fingerprint density at radius 1 is 1.00 bits per heavy atom. The second-order valence-electron chi connectivity index (χ2n) is 9.75. The molecule has 0 bridgehead atoms. The van der Waals surface area contributed by atoms with Crippen LogP contribution >= 0.6 is 0 Å². The van der Waals surface area contributed by atoms with Crippen LogP contribution in [0.4, 0.5) is 20.3 Å². The minimum atomic E-state index is -0.962. The van der Waals surface area contributed by atoms with Gasteiger partial charge < -0.3 is 11.1 Å². The maximum atomic E-state index is 13.6. The van der Waals surface area contributed by atoms with Gasteiger partial charge in [-0.2, -0.15) is 0 Å². The summed E-state index contributed by atoms with van der Waals surface area (Å²) in [6.45, 7) is 0. The number of anilines is 2. The van der Waals surface area contributed by atoms with Crippen molar-refractivity contribution in [3.05, 3.63) is 70.5 Å². The molecule has 5 nitrogen and oxygen atoms in total. The van der Waals surface area contributed by atoms with Crippen LogP contribution in [0, 0.1) is 17.6 Å². The topological polar surface area (TPSA) is 80.9 Å². The fourth-order valence-corrected chi connectivity index (χ4v) is 5.30. The average Bonchev–Trinajstić information content (AvgIpc) is 2.85. The van der Waals surface area contributed by atoms with Gasteiger partial charge in [0.1, 0.15) is 0 Å². The minimum Gasteiger partial charge on any atom is -0.399 e. The summed E-state index contributed by atoms with van der Waals surface area (Å²) in [5.41, 5.74) is 11.8. The average molecular weight is 477 g/mol. The summed E-state index contributed by atoms with van der Waals surface area (Å²) in [5, 5.41) is 2.92. The van der Waals surface area contributed by atoms with E-state index in [1.54, 1.807) is 0 Å². The molecule has 5 rings (SSSR count). The maximum absolute atomic E-state index is 13.6. The highest BCUT2D eigenvalue weighted by Crippen LogP contribution is 2.35. The second-order valence-corrected chi connectivity index (χ2v) is 9.75. The third kappa shape index (κ3) is 5.34. The molecule has 1 amide bonds. The van der Waals surface area contributed by atoms with Gasteiger partial charge in [0.15, 0.2) is 17.5 Å². The van der Waals surface area contributed by atoms with Crippen molar-refractivity contribution >= 4 is 17.4 Å². The second kappa shape index (κ2) is 10.1. The van der Waals surface area contributed by atoms with Crippen LogP contribution in [0.25, 0.3) is 11.3 Å². The molecule has 182 valence electrons. The van der Waals surface area contributed by atoms with Crippen LogP contribution in [0.3, 0.4) is 0 Å². The number of rotatable bonds is 6. The smallest absolute Gasteiger partial charge is 0.229 e. The van der Waals surface area contributed by atoms with E-state index in [4.69, 9.17) is 15.7 Å². The molecule has 0 saturated heterocycles. The Hall–Kier alpha value is -3.35. The van der Waals surface area contributed by atoms with Gasteiger partial charge in [0.05, 0.1) is 23.5 Å². The van der Waals surface area contributed by atoms with Crippen molar-refractivity contribution in [1.29, 1.82) is 0 Å². The predicted octanol–water partition coefficient (Wildman–Crippen LogP) is 5.80. The van der Waals surface area contributed by atoms with Crippen LogP contribution in [0.5, 0.6) is 0 Å². The molecule has 0 aliphatic heterocycles. The van der Waals surface area contributed by atoms with E-state index in [2.05, 4.69) is 5.32 Å². The van der Waals surface area contributed by atoms with Crippen molar-refractivity contribution in [2.45, 2.75) is 64.2 Å². The first kappa shape index (κ1) is 23.4. The maximum Gasteiger partial charge on any atom is 0.229 e. The van der Waals surface area contributed by atoms with E-state index in [1.165, 1.54) is 43.7 Å². The molecule has 7 heteroatoms. The molecule has 1 saturated carbocycles. The number of nitrogens with one attached hydrogen (secondary N) is 1. The highest BCUT2D eigenvalue weighted by atomic mass is 19.2. The molecule has 0 radical (unpaired) electrons. The Morgan fingerprint density at radius 3 is 2.63 bits per heavy atom. The first-order chi connectivity index (χ1) is 17.0. The van der Waals surface area contributed by atoms with Gasteiger partial charge in [0.2, 0.25) is 5.91 Å². The molecular weight excluding hydrogens is 446 g/mol. The third-order valence-electron chi connectivity index (χ3n) is 7.18. The summed E-state index contributed by atoms with van der Waals surface area (Å²) < 4.78 is 26.9. The van der Waals surface area contributed by atoms with E-state index in [0.717, 1.165) is 59.7 Å². The van der Waals surface area contributed by atoms with Gasteiger partial charge in [-0.15, -0.1) is 0 Å². The van der Waals surface area contributed by atoms with E-state index in [-0.39, 0.29) is 12.3 Å². The summed E-state index contributed by atoms with van der Waals surface area (Å²) >= 11 is 0. The van der Waals surface area contributed by atoms with Crippen LogP contribution in [-0.2, 0) is 30.5 Å². The molecule has 1 aromatic heterocycles. The van der Waals surface area contributed by atoms with Crippen molar-refractivity contribution in [2.75, 3.05) is 11.1 Å². The molecule has 2 aromatic carbocycles. The molecular formula is C28H30F2N4O. The van der Waals surface area contributed by atoms with Gasteiger partial charge >= 0.3 is 0 Å². The molecule has 2 aliphatic rings. The van der Waals surface area contributed by atoms with Crippen LogP contribution in [0.1, 0.15) is 61.0 Å². The lowest BCUT2D eigenvalue weighted by molar-refractivity contribution is -0.115. The Kier molecular flexibility index (Phi) is 6.75. The largest absolute Gasteiger partial charge is 0.399 e. The number of aryl methyl sites for hydroxylation is 3. The van der Waals surface area contributed by atoms with Crippen molar-refractivity contribution < 1.29 is 13.6 Å². The van der Waals surface area contributed by atoms with Crippen LogP contribution in [0.15, 0.2) is 36.4 Å². The van der Waals surface area contributed by atoms with Crippen molar-refractivity contribution in [3.8, 4) is 11.3 Å². The number of carbonyl (C=O) groups is 1. The monoisotopic (exact) mass is 476 g/mol. The van der Waals surface area contributed by atoms with E-state index >= 15 is 0 Å². The van der Waals surface area contributed by atoms with E-state index in [1.807, 2.05) is 18.2 Å². The number of benzene rings is 2. The Labute approximate surface area is 204 Å². The normalized spacial score (nSPS) is 15.4. The molecule has 3 aromatic rings. The number of nitrogens with two attached hydrogens (primary N) is 1. The number of nitrogen functional groups attached to an aromatic ring is 1. The zero-order chi connectivity index (χ0) is 24.4. The lowest BCUT2D eigenvalue weighted by Gasteiger charge is -2.23. The summed E-state index contributed by atoms with van der Waals surface area (Å²) in [4.78, 5) is 22.7. The van der Waals surface area contributed by atoms with Gasteiger partial charge in [-0.05, 0) is 67.0 Å². The van der Waals surface area contributed by atoms with E-state index in [0.29, 0.717) is 23.7 Å². The van der Waals surface area contributed by atoms with Crippen LogP contribution in [-0.4, -0.2) is 15.9 Å². The van der Waals surface area contributed by atoms with Crippen molar-refractivity contribution in [1.82, 2.24) is 9.97 Å². The standard InChI is InChI=1S/C28H30F2N4O/c29-22-11-6-18(14-23(22)30)15-26(35)34-28-25(12-7-17-4-2-1-3-5-17)32-27-21-10-9-20(31)16-19(21)8-13-24(27)33-28/h6,9-11,14,16-17H,1-5,7-8,12-13,15,31H2,(H,33,34,35). The number of amides is 1. The number of halogens is 2. The quantitative estimate of drug-likeness (QED) is 0.441. The zero-order valence-electron chi connectivity index (χ0n) is 19.7. The van der Waals surface area contributed by atoms with Crippen LogP contribution < -0.4 is 11.1 Å². The first-order valence-electron chi connectivity index (χ1n) is 12.5. The molecule has 1 fully saturated rings. The Bertz CT molecular complexity index is 1250. The van der Waals surface area contributed by atoms with Crippen LogP contribution in [0.2, 0.25) is 0 Å². The number of nitrogens with zero attached hydrogens (tertiary/aromatic N) is 2. The fourth-order valence-electron chi connectivity index (χ4n) is 5.30. The SMILES string of the molecule is Nc1ccc2c(c1)CCc1nc(NC(=O)Cc3ccc(F)c(F)c3)c(CCC3CCCCC3)nc1-2. The first-order valence-corrected chi connectivity index (χ1v) is 12.5.